The third kappa shape index (κ3) is 7.94. The molecule has 0 aromatic heterocycles. The van der Waals surface area contributed by atoms with Crippen LogP contribution in [-0.2, 0) is 32.6 Å². The van der Waals surface area contributed by atoms with E-state index in [1.54, 1.807) is 36.4 Å². The molecule has 2 amide bonds. The van der Waals surface area contributed by atoms with Crippen molar-refractivity contribution in [3.63, 3.8) is 0 Å². The molecule has 4 aromatic rings. The maximum atomic E-state index is 14.5. The van der Waals surface area contributed by atoms with Crippen molar-refractivity contribution in [1.82, 2.24) is 10.2 Å². The summed E-state index contributed by atoms with van der Waals surface area (Å²) in [5, 5.41) is 2.99. The van der Waals surface area contributed by atoms with E-state index in [2.05, 4.69) is 5.32 Å². The van der Waals surface area contributed by atoms with Crippen molar-refractivity contribution >= 4 is 27.5 Å². The van der Waals surface area contributed by atoms with Gasteiger partial charge in [-0.05, 0) is 75.1 Å². The fourth-order valence-corrected chi connectivity index (χ4v) is 6.58. The molecule has 0 unspecified atom stereocenters. The summed E-state index contributed by atoms with van der Waals surface area (Å²) in [6.07, 6.45) is 0.270. The Hall–Kier alpha value is -4.43. The predicted octanol–water partition coefficient (Wildman–Crippen LogP) is 5.97. The molecule has 0 saturated heterocycles. The average Bonchev–Trinajstić information content (AvgIpc) is 2.99. The van der Waals surface area contributed by atoms with E-state index < -0.39 is 28.5 Å². The zero-order valence-corrected chi connectivity index (χ0v) is 26.8. The Morgan fingerprint density at radius 3 is 1.95 bits per heavy atom. The molecular formula is C36H41N3O4S. The second kappa shape index (κ2) is 14.4. The van der Waals surface area contributed by atoms with E-state index >= 15 is 0 Å². The first-order valence-electron chi connectivity index (χ1n) is 14.8. The van der Waals surface area contributed by atoms with Gasteiger partial charge in [-0.15, -0.1) is 0 Å². The summed E-state index contributed by atoms with van der Waals surface area (Å²) < 4.78 is 29.5. The number of carbonyl (C=O) groups excluding carboxylic acids is 2. The molecule has 0 aliphatic rings. The highest BCUT2D eigenvalue weighted by atomic mass is 32.2. The number of para-hydroxylation sites is 1. The van der Waals surface area contributed by atoms with Crippen LogP contribution in [0.2, 0.25) is 0 Å². The van der Waals surface area contributed by atoms with Gasteiger partial charge in [0.15, 0.2) is 0 Å². The molecule has 0 aliphatic heterocycles. The number of hydrogen-bond acceptors (Lipinski definition) is 4. The number of sulfonamides is 1. The Balaban J connectivity index is 1.82. The van der Waals surface area contributed by atoms with Gasteiger partial charge in [0.25, 0.3) is 10.0 Å². The lowest BCUT2D eigenvalue weighted by Crippen LogP contribution is -2.54. The third-order valence-corrected chi connectivity index (χ3v) is 9.35. The normalized spacial score (nSPS) is 12.0. The van der Waals surface area contributed by atoms with Crippen LogP contribution in [0, 0.1) is 20.8 Å². The number of hydrogen-bond donors (Lipinski definition) is 1. The van der Waals surface area contributed by atoms with Gasteiger partial charge in [0.1, 0.15) is 12.6 Å². The maximum Gasteiger partial charge on any atom is 0.264 e. The molecule has 0 aliphatic carbocycles. The summed E-state index contributed by atoms with van der Waals surface area (Å²) in [5.41, 5.74) is 4.77. The van der Waals surface area contributed by atoms with Crippen LogP contribution in [0.4, 0.5) is 5.69 Å². The van der Waals surface area contributed by atoms with Crippen LogP contribution in [0.25, 0.3) is 0 Å². The van der Waals surface area contributed by atoms with Gasteiger partial charge in [0, 0.05) is 19.0 Å². The van der Waals surface area contributed by atoms with Crippen LogP contribution < -0.4 is 9.62 Å². The minimum atomic E-state index is -4.14. The standard InChI is InChI=1S/C36H41N3O4S/c1-26(2)37-36(41)34(23-30-15-7-6-8-16-30)38(24-31-17-11-9-13-28(31)4)35(40)25-39(33-18-12-10-14-29(33)5)44(42,43)32-21-19-27(3)20-22-32/h6-22,26,34H,23-25H2,1-5H3,(H,37,41)/t34-/m0/s1. The molecule has 0 heterocycles. The van der Waals surface area contributed by atoms with Gasteiger partial charge in [-0.1, -0.05) is 90.5 Å². The van der Waals surface area contributed by atoms with Gasteiger partial charge in [-0.25, -0.2) is 8.42 Å². The SMILES string of the molecule is Cc1ccc(S(=O)(=O)N(CC(=O)N(Cc2ccccc2C)[C@@H](Cc2ccccc2)C(=O)NC(C)C)c2ccccc2C)cc1. The van der Waals surface area contributed by atoms with E-state index in [9.17, 15) is 18.0 Å². The van der Waals surface area contributed by atoms with Crippen LogP contribution in [-0.4, -0.2) is 43.8 Å². The van der Waals surface area contributed by atoms with Crippen molar-refractivity contribution in [2.24, 2.45) is 0 Å². The van der Waals surface area contributed by atoms with Gasteiger partial charge in [0.2, 0.25) is 11.8 Å². The highest BCUT2D eigenvalue weighted by Gasteiger charge is 2.35. The second-order valence-corrected chi connectivity index (χ2v) is 13.3. The summed E-state index contributed by atoms with van der Waals surface area (Å²) in [4.78, 5) is 30.0. The lowest BCUT2D eigenvalue weighted by Gasteiger charge is -2.34. The summed E-state index contributed by atoms with van der Waals surface area (Å²) in [7, 11) is -4.14. The molecule has 1 N–H and O–H groups in total. The van der Waals surface area contributed by atoms with Crippen molar-refractivity contribution in [1.29, 1.82) is 0 Å². The molecular weight excluding hydrogens is 570 g/mol. The van der Waals surface area contributed by atoms with Gasteiger partial charge < -0.3 is 10.2 Å². The third-order valence-electron chi connectivity index (χ3n) is 7.58. The first-order chi connectivity index (χ1) is 21.0. The Labute approximate surface area is 261 Å². The summed E-state index contributed by atoms with van der Waals surface area (Å²) in [5.74, 6) is -0.776. The summed E-state index contributed by atoms with van der Waals surface area (Å²) >= 11 is 0. The van der Waals surface area contributed by atoms with Crippen LogP contribution in [0.5, 0.6) is 0 Å². The molecule has 4 aromatic carbocycles. The zero-order chi connectivity index (χ0) is 31.9. The highest BCUT2D eigenvalue weighted by Crippen LogP contribution is 2.28. The topological polar surface area (TPSA) is 86.8 Å². The van der Waals surface area contributed by atoms with E-state index in [1.165, 1.54) is 9.21 Å². The average molecular weight is 612 g/mol. The number of benzene rings is 4. The van der Waals surface area contributed by atoms with E-state index in [1.807, 2.05) is 101 Å². The van der Waals surface area contributed by atoms with Crippen LogP contribution in [0.3, 0.4) is 0 Å². The van der Waals surface area contributed by atoms with Crippen molar-refractivity contribution in [3.8, 4) is 0 Å². The molecule has 230 valence electrons. The molecule has 0 spiro atoms. The predicted molar refractivity (Wildman–Crippen MR) is 176 cm³/mol. The van der Waals surface area contributed by atoms with Crippen molar-refractivity contribution in [2.45, 2.75) is 64.6 Å². The molecule has 0 fully saturated rings. The Bertz CT molecular complexity index is 1690. The Kier molecular flexibility index (Phi) is 10.6. The van der Waals surface area contributed by atoms with Gasteiger partial charge in [-0.3, -0.25) is 13.9 Å². The zero-order valence-electron chi connectivity index (χ0n) is 26.0. The highest BCUT2D eigenvalue weighted by molar-refractivity contribution is 7.92. The van der Waals surface area contributed by atoms with Crippen molar-refractivity contribution in [3.05, 3.63) is 131 Å². The smallest absolute Gasteiger partial charge is 0.264 e. The van der Waals surface area contributed by atoms with Gasteiger partial charge >= 0.3 is 0 Å². The van der Waals surface area contributed by atoms with E-state index in [0.29, 0.717) is 11.3 Å². The van der Waals surface area contributed by atoms with E-state index in [-0.39, 0.29) is 29.8 Å². The number of anilines is 1. The Morgan fingerprint density at radius 1 is 0.750 bits per heavy atom. The maximum absolute atomic E-state index is 14.5. The van der Waals surface area contributed by atoms with Gasteiger partial charge in [-0.2, -0.15) is 0 Å². The molecule has 0 bridgehead atoms. The number of rotatable bonds is 12. The number of aryl methyl sites for hydroxylation is 3. The molecule has 7 nitrogen and oxygen atoms in total. The second-order valence-electron chi connectivity index (χ2n) is 11.4. The molecule has 1 atom stereocenters. The summed E-state index contributed by atoms with van der Waals surface area (Å²) in [6.45, 7) is 9.07. The van der Waals surface area contributed by atoms with Gasteiger partial charge in [0.05, 0.1) is 10.6 Å². The molecule has 0 radical (unpaired) electrons. The van der Waals surface area contributed by atoms with Crippen molar-refractivity contribution < 1.29 is 18.0 Å². The lowest BCUT2D eigenvalue weighted by atomic mass is 10.0. The molecule has 8 heteroatoms. The number of nitrogens with one attached hydrogen (secondary N) is 1. The van der Waals surface area contributed by atoms with E-state index in [0.717, 1.165) is 22.3 Å². The largest absolute Gasteiger partial charge is 0.352 e. The minimum Gasteiger partial charge on any atom is -0.352 e. The van der Waals surface area contributed by atoms with E-state index in [4.69, 9.17) is 0 Å². The Morgan fingerprint density at radius 2 is 1.34 bits per heavy atom. The number of nitrogens with zero attached hydrogens (tertiary/aromatic N) is 2. The quantitative estimate of drug-likeness (QED) is 0.214. The molecule has 4 rings (SSSR count). The lowest BCUT2D eigenvalue weighted by molar-refractivity contribution is -0.140. The van der Waals surface area contributed by atoms with Crippen LogP contribution in [0.1, 0.15) is 41.7 Å². The number of carbonyl (C=O) groups is 2. The minimum absolute atomic E-state index is 0.0861. The van der Waals surface area contributed by atoms with Crippen LogP contribution >= 0.6 is 0 Å². The molecule has 0 saturated carbocycles. The first kappa shape index (κ1) is 32.5. The number of amides is 2. The molecule has 44 heavy (non-hydrogen) atoms. The summed E-state index contributed by atoms with van der Waals surface area (Å²) in [6, 6.07) is 29.9. The fourth-order valence-electron chi connectivity index (χ4n) is 5.10. The fraction of sp³-hybridized carbons (Fsp3) is 0.278. The monoisotopic (exact) mass is 611 g/mol. The van der Waals surface area contributed by atoms with Crippen LogP contribution in [0.15, 0.2) is 108 Å². The first-order valence-corrected chi connectivity index (χ1v) is 16.2. The van der Waals surface area contributed by atoms with Crippen molar-refractivity contribution in [2.75, 3.05) is 10.8 Å².